The fraction of sp³-hybridized carbons (Fsp3) is 0.941. The number of hydrogen-bond acceptors (Lipinski definition) is 6. The number of carbonyl (C=O) groups is 3. The number of ether oxygens (including phenoxy) is 3. The summed E-state index contributed by atoms with van der Waals surface area (Å²) < 4.78 is 16.8. The van der Waals surface area contributed by atoms with Crippen LogP contribution in [0.3, 0.4) is 0 Å². The molecule has 0 spiro atoms. The van der Waals surface area contributed by atoms with E-state index in [0.717, 1.165) is 69.6 Å². The first-order valence-corrected chi connectivity index (χ1v) is 25.3. The van der Waals surface area contributed by atoms with Gasteiger partial charge in [0.25, 0.3) is 0 Å². The van der Waals surface area contributed by atoms with Crippen LogP contribution in [0.2, 0.25) is 0 Å². The predicted molar refractivity (Wildman–Crippen MR) is 243 cm³/mol. The molecule has 0 fully saturated rings. The van der Waals surface area contributed by atoms with E-state index in [-0.39, 0.29) is 31.1 Å². The summed E-state index contributed by atoms with van der Waals surface area (Å²) in [6.07, 6.45) is 43.6. The van der Waals surface area contributed by atoms with Crippen molar-refractivity contribution in [2.75, 3.05) is 13.2 Å². The summed E-state index contributed by atoms with van der Waals surface area (Å²) in [5, 5.41) is 0. The Labute approximate surface area is 355 Å². The highest BCUT2D eigenvalue weighted by molar-refractivity contribution is 5.71. The molecule has 0 aliphatic heterocycles. The molecule has 0 radical (unpaired) electrons. The van der Waals surface area contributed by atoms with Crippen LogP contribution in [0.5, 0.6) is 0 Å². The maximum Gasteiger partial charge on any atom is 0.306 e. The van der Waals surface area contributed by atoms with E-state index in [1.807, 2.05) is 0 Å². The number of hydrogen-bond donors (Lipinski definition) is 0. The third kappa shape index (κ3) is 43.8. The lowest BCUT2D eigenvalue weighted by Crippen LogP contribution is -2.30. The van der Waals surface area contributed by atoms with Crippen LogP contribution >= 0.6 is 0 Å². The Bertz CT molecular complexity index is 872. The molecule has 6 heteroatoms. The lowest BCUT2D eigenvalue weighted by molar-refractivity contribution is -0.167. The highest BCUT2D eigenvalue weighted by atomic mass is 16.6. The van der Waals surface area contributed by atoms with Crippen LogP contribution in [0, 0.1) is 11.8 Å². The minimum atomic E-state index is -0.761. The maximum absolute atomic E-state index is 12.8. The predicted octanol–water partition coefficient (Wildman–Crippen LogP) is 16.1. The van der Waals surface area contributed by atoms with Gasteiger partial charge in [-0.1, -0.05) is 240 Å². The van der Waals surface area contributed by atoms with Crippen molar-refractivity contribution >= 4 is 17.9 Å². The van der Waals surface area contributed by atoms with Gasteiger partial charge in [-0.25, -0.2) is 0 Å². The Kier molecular flexibility index (Phi) is 42.7. The molecular formula is C51H98O6. The van der Waals surface area contributed by atoms with Crippen molar-refractivity contribution in [1.82, 2.24) is 0 Å². The van der Waals surface area contributed by atoms with Crippen LogP contribution in [0.15, 0.2) is 0 Å². The summed E-state index contributed by atoms with van der Waals surface area (Å²) in [6, 6.07) is 0. The highest BCUT2D eigenvalue weighted by Crippen LogP contribution is 2.18. The van der Waals surface area contributed by atoms with Crippen molar-refractivity contribution in [3.63, 3.8) is 0 Å². The fourth-order valence-electron chi connectivity index (χ4n) is 7.60. The van der Waals surface area contributed by atoms with Crippen molar-refractivity contribution in [2.24, 2.45) is 11.8 Å². The lowest BCUT2D eigenvalue weighted by atomic mass is 9.99. The smallest absolute Gasteiger partial charge is 0.306 e. The standard InChI is InChI=1S/C51H98O6/c1-6-8-9-10-11-12-14-21-26-31-36-41-49(52)55-44-48(57-51(54)43-38-33-28-23-18-17-20-25-30-35-40-47(5)7-2)45-56-50(53)42-37-32-27-22-16-13-15-19-24-29-34-39-46(3)4/h46-48H,6-45H2,1-5H3/t47?,48-/m0/s1. The summed E-state index contributed by atoms with van der Waals surface area (Å²) in [4.78, 5) is 37.9. The van der Waals surface area contributed by atoms with E-state index in [0.29, 0.717) is 19.3 Å². The first-order valence-electron chi connectivity index (χ1n) is 25.3. The minimum Gasteiger partial charge on any atom is -0.462 e. The van der Waals surface area contributed by atoms with Gasteiger partial charge in [0, 0.05) is 19.3 Å². The van der Waals surface area contributed by atoms with Crippen molar-refractivity contribution in [3.05, 3.63) is 0 Å². The Morgan fingerprint density at radius 2 is 0.667 bits per heavy atom. The van der Waals surface area contributed by atoms with E-state index in [2.05, 4.69) is 34.6 Å². The quantitative estimate of drug-likeness (QED) is 0.0346. The van der Waals surface area contributed by atoms with Crippen molar-refractivity contribution < 1.29 is 28.6 Å². The van der Waals surface area contributed by atoms with Gasteiger partial charge in [0.1, 0.15) is 13.2 Å². The molecule has 0 aromatic carbocycles. The Hall–Kier alpha value is -1.59. The first kappa shape index (κ1) is 55.4. The molecule has 0 aliphatic rings. The average Bonchev–Trinajstić information content (AvgIpc) is 3.19. The molecule has 338 valence electrons. The second kappa shape index (κ2) is 44.0. The Morgan fingerprint density at radius 3 is 1.00 bits per heavy atom. The van der Waals surface area contributed by atoms with Gasteiger partial charge in [-0.05, 0) is 31.1 Å². The van der Waals surface area contributed by atoms with E-state index in [4.69, 9.17) is 14.2 Å². The van der Waals surface area contributed by atoms with Gasteiger partial charge in [-0.3, -0.25) is 14.4 Å². The van der Waals surface area contributed by atoms with E-state index in [1.165, 1.54) is 167 Å². The molecule has 0 N–H and O–H groups in total. The summed E-state index contributed by atoms with van der Waals surface area (Å²) >= 11 is 0. The van der Waals surface area contributed by atoms with E-state index in [1.54, 1.807) is 0 Å². The largest absolute Gasteiger partial charge is 0.462 e. The molecule has 0 aliphatic carbocycles. The third-order valence-corrected chi connectivity index (χ3v) is 11.8. The van der Waals surface area contributed by atoms with Crippen LogP contribution in [0.4, 0.5) is 0 Å². The third-order valence-electron chi connectivity index (χ3n) is 11.8. The molecule has 0 saturated carbocycles. The molecule has 0 aromatic rings. The average molecular weight is 807 g/mol. The van der Waals surface area contributed by atoms with Gasteiger partial charge in [0.05, 0.1) is 0 Å². The molecular weight excluding hydrogens is 709 g/mol. The lowest BCUT2D eigenvalue weighted by Gasteiger charge is -2.18. The molecule has 0 heterocycles. The molecule has 0 aromatic heterocycles. The van der Waals surface area contributed by atoms with Gasteiger partial charge in [0.15, 0.2) is 6.10 Å². The second-order valence-corrected chi connectivity index (χ2v) is 18.2. The van der Waals surface area contributed by atoms with Gasteiger partial charge < -0.3 is 14.2 Å². The van der Waals surface area contributed by atoms with E-state index in [9.17, 15) is 14.4 Å². The highest BCUT2D eigenvalue weighted by Gasteiger charge is 2.19. The zero-order chi connectivity index (χ0) is 41.9. The summed E-state index contributed by atoms with van der Waals surface area (Å²) in [7, 11) is 0. The van der Waals surface area contributed by atoms with E-state index < -0.39 is 6.10 Å². The van der Waals surface area contributed by atoms with Gasteiger partial charge >= 0.3 is 17.9 Å². The second-order valence-electron chi connectivity index (χ2n) is 18.2. The van der Waals surface area contributed by atoms with Crippen LogP contribution in [-0.2, 0) is 28.6 Å². The molecule has 0 saturated heterocycles. The molecule has 0 bridgehead atoms. The van der Waals surface area contributed by atoms with Crippen LogP contribution < -0.4 is 0 Å². The van der Waals surface area contributed by atoms with Crippen LogP contribution in [0.1, 0.15) is 279 Å². The zero-order valence-electron chi connectivity index (χ0n) is 39.0. The summed E-state index contributed by atoms with van der Waals surface area (Å²) in [5.74, 6) is 0.844. The molecule has 6 nitrogen and oxygen atoms in total. The minimum absolute atomic E-state index is 0.0640. The van der Waals surface area contributed by atoms with Crippen molar-refractivity contribution in [3.8, 4) is 0 Å². The Morgan fingerprint density at radius 1 is 0.368 bits per heavy atom. The van der Waals surface area contributed by atoms with Crippen LogP contribution in [0.25, 0.3) is 0 Å². The monoisotopic (exact) mass is 807 g/mol. The molecule has 1 unspecified atom stereocenters. The van der Waals surface area contributed by atoms with Gasteiger partial charge in [0.2, 0.25) is 0 Å². The SMILES string of the molecule is CCCCCCCCCCCCCC(=O)OC[C@@H](COC(=O)CCCCCCCCCCCCCC(C)C)OC(=O)CCCCCCCCCCCCC(C)CC. The first-order chi connectivity index (χ1) is 27.8. The molecule has 57 heavy (non-hydrogen) atoms. The summed E-state index contributed by atoms with van der Waals surface area (Å²) in [5.41, 5.74) is 0. The number of rotatable bonds is 45. The molecule has 0 rings (SSSR count). The maximum atomic E-state index is 12.8. The number of esters is 3. The van der Waals surface area contributed by atoms with Gasteiger partial charge in [-0.15, -0.1) is 0 Å². The van der Waals surface area contributed by atoms with Crippen molar-refractivity contribution in [1.29, 1.82) is 0 Å². The van der Waals surface area contributed by atoms with Crippen LogP contribution in [-0.4, -0.2) is 37.2 Å². The molecule has 0 amide bonds. The topological polar surface area (TPSA) is 78.9 Å². The molecule has 2 atom stereocenters. The number of unbranched alkanes of at least 4 members (excludes halogenated alkanes) is 29. The van der Waals surface area contributed by atoms with Gasteiger partial charge in [-0.2, -0.15) is 0 Å². The zero-order valence-corrected chi connectivity index (χ0v) is 39.0. The van der Waals surface area contributed by atoms with Crippen molar-refractivity contribution in [2.45, 2.75) is 285 Å². The fourth-order valence-corrected chi connectivity index (χ4v) is 7.60. The number of carbonyl (C=O) groups excluding carboxylic acids is 3. The van der Waals surface area contributed by atoms with E-state index >= 15 is 0 Å². The normalized spacial score (nSPS) is 12.5. The Balaban J connectivity index is 4.33. The summed E-state index contributed by atoms with van der Waals surface area (Å²) in [6.45, 7) is 11.4.